The Balaban J connectivity index is 0.00000400. The first-order valence-electron chi connectivity index (χ1n) is 7.09. The zero-order valence-electron chi connectivity index (χ0n) is 12.4. The van der Waals surface area contributed by atoms with Crippen LogP contribution in [-0.2, 0) is 4.79 Å². The molecule has 1 aromatic carbocycles. The zero-order valence-corrected chi connectivity index (χ0v) is 13.2. The number of hydrogen-bond donors (Lipinski definition) is 2. The second-order valence-corrected chi connectivity index (χ2v) is 4.57. The summed E-state index contributed by atoms with van der Waals surface area (Å²) in [5.41, 5.74) is 5.92. The summed E-state index contributed by atoms with van der Waals surface area (Å²) in [4.78, 5) is 11.8. The molecule has 0 aliphatic carbocycles. The van der Waals surface area contributed by atoms with E-state index in [1.807, 2.05) is 6.92 Å². The molecule has 0 aliphatic rings. The fourth-order valence-electron chi connectivity index (χ4n) is 1.87. The minimum atomic E-state index is -0.381. The lowest BCUT2D eigenvalue weighted by Crippen LogP contribution is -2.12. The number of unbranched alkanes of at least 4 members (excludes halogenated alkanes) is 3. The van der Waals surface area contributed by atoms with E-state index < -0.39 is 0 Å². The highest BCUT2D eigenvalue weighted by Crippen LogP contribution is 2.25. The van der Waals surface area contributed by atoms with Crippen LogP contribution in [0.15, 0.2) is 18.2 Å². The van der Waals surface area contributed by atoms with Crippen LogP contribution in [0.1, 0.15) is 39.0 Å². The lowest BCUT2D eigenvalue weighted by atomic mass is 10.1. The summed E-state index contributed by atoms with van der Waals surface area (Å²) >= 11 is 0. The molecule has 0 fully saturated rings. The van der Waals surface area contributed by atoms with Crippen molar-refractivity contribution in [1.82, 2.24) is 0 Å². The van der Waals surface area contributed by atoms with Gasteiger partial charge < -0.3 is 15.8 Å². The molecule has 21 heavy (non-hydrogen) atoms. The summed E-state index contributed by atoms with van der Waals surface area (Å²) in [6.07, 6.45) is 4.31. The number of carbonyl (C=O) groups is 1. The number of rotatable bonds is 9. The lowest BCUT2D eigenvalue weighted by molar-refractivity contribution is -0.116. The predicted octanol–water partition coefficient (Wildman–Crippen LogP) is 3.49. The van der Waals surface area contributed by atoms with Gasteiger partial charge in [0, 0.05) is 12.5 Å². The highest BCUT2D eigenvalue weighted by molar-refractivity contribution is 5.92. The van der Waals surface area contributed by atoms with Crippen molar-refractivity contribution in [2.45, 2.75) is 39.0 Å². The summed E-state index contributed by atoms with van der Waals surface area (Å²) in [6, 6.07) is 4.10. The van der Waals surface area contributed by atoms with Crippen LogP contribution in [0.3, 0.4) is 0 Å². The first-order valence-corrected chi connectivity index (χ1v) is 7.09. The van der Waals surface area contributed by atoms with Crippen molar-refractivity contribution < 1.29 is 13.9 Å². The SMILES string of the molecule is CCOc1cc(F)ccc1NC(=O)CCCCCCN.Cl. The summed E-state index contributed by atoms with van der Waals surface area (Å²) in [5, 5.41) is 2.76. The molecule has 4 nitrogen and oxygen atoms in total. The molecule has 0 spiro atoms. The molecule has 0 radical (unpaired) electrons. The van der Waals surface area contributed by atoms with E-state index in [9.17, 15) is 9.18 Å². The summed E-state index contributed by atoms with van der Waals surface area (Å²) in [5.74, 6) is -0.0949. The van der Waals surface area contributed by atoms with E-state index in [1.165, 1.54) is 18.2 Å². The fraction of sp³-hybridized carbons (Fsp3) is 0.533. The smallest absolute Gasteiger partial charge is 0.224 e. The Morgan fingerprint density at radius 1 is 1.29 bits per heavy atom. The van der Waals surface area contributed by atoms with Crippen molar-refractivity contribution in [3.63, 3.8) is 0 Å². The number of amides is 1. The zero-order chi connectivity index (χ0) is 14.8. The standard InChI is InChI=1S/C15H23FN2O2.ClH/c1-2-20-14-11-12(16)8-9-13(14)18-15(19)7-5-3-4-6-10-17;/h8-9,11H,2-7,10,17H2,1H3,(H,18,19);1H. The molecular weight excluding hydrogens is 295 g/mol. The predicted molar refractivity (Wildman–Crippen MR) is 85.6 cm³/mol. The first-order chi connectivity index (χ1) is 9.67. The van der Waals surface area contributed by atoms with Crippen molar-refractivity contribution in [2.24, 2.45) is 5.73 Å². The molecule has 0 bridgehead atoms. The van der Waals surface area contributed by atoms with Crippen LogP contribution >= 0.6 is 12.4 Å². The van der Waals surface area contributed by atoms with Crippen LogP contribution in [-0.4, -0.2) is 19.1 Å². The van der Waals surface area contributed by atoms with Crippen LogP contribution in [0, 0.1) is 5.82 Å². The number of anilines is 1. The number of nitrogens with one attached hydrogen (secondary N) is 1. The Morgan fingerprint density at radius 3 is 2.67 bits per heavy atom. The first kappa shape index (κ1) is 19.7. The van der Waals surface area contributed by atoms with Crippen molar-refractivity contribution in [3.8, 4) is 5.75 Å². The monoisotopic (exact) mass is 318 g/mol. The van der Waals surface area contributed by atoms with Gasteiger partial charge in [-0.1, -0.05) is 12.8 Å². The molecule has 1 rings (SSSR count). The molecule has 0 atom stereocenters. The molecule has 1 amide bonds. The molecule has 0 saturated carbocycles. The van der Waals surface area contributed by atoms with E-state index in [-0.39, 0.29) is 24.1 Å². The van der Waals surface area contributed by atoms with Crippen molar-refractivity contribution in [2.75, 3.05) is 18.5 Å². The third kappa shape index (κ3) is 7.87. The molecule has 0 aliphatic heterocycles. The molecule has 0 unspecified atom stereocenters. The Kier molecular flexibility index (Phi) is 10.6. The Bertz CT molecular complexity index is 430. The summed E-state index contributed by atoms with van der Waals surface area (Å²) < 4.78 is 18.4. The number of nitrogens with two attached hydrogens (primary N) is 1. The number of ether oxygens (including phenoxy) is 1. The molecule has 0 aromatic heterocycles. The lowest BCUT2D eigenvalue weighted by Gasteiger charge is -2.11. The van der Waals surface area contributed by atoms with Gasteiger partial charge in [-0.15, -0.1) is 12.4 Å². The van der Waals surface area contributed by atoms with Gasteiger partial charge in [0.05, 0.1) is 12.3 Å². The molecule has 6 heteroatoms. The van der Waals surface area contributed by atoms with Gasteiger partial charge in [0.1, 0.15) is 11.6 Å². The minimum absolute atomic E-state index is 0. The maximum absolute atomic E-state index is 13.1. The largest absolute Gasteiger partial charge is 0.492 e. The van der Waals surface area contributed by atoms with Crippen LogP contribution in [0.2, 0.25) is 0 Å². The third-order valence-electron chi connectivity index (χ3n) is 2.88. The van der Waals surface area contributed by atoms with E-state index in [0.717, 1.165) is 25.7 Å². The second kappa shape index (κ2) is 11.3. The minimum Gasteiger partial charge on any atom is -0.492 e. The van der Waals surface area contributed by atoms with Gasteiger partial charge in [-0.3, -0.25) is 4.79 Å². The Labute approximate surface area is 131 Å². The number of halogens is 2. The number of benzene rings is 1. The molecule has 3 N–H and O–H groups in total. The molecule has 120 valence electrons. The van der Waals surface area contributed by atoms with Gasteiger partial charge in [-0.05, 0) is 38.4 Å². The normalized spacial score (nSPS) is 9.86. The molecule has 1 aromatic rings. The third-order valence-corrected chi connectivity index (χ3v) is 2.88. The Morgan fingerprint density at radius 2 is 2.00 bits per heavy atom. The molecule has 0 saturated heterocycles. The highest BCUT2D eigenvalue weighted by atomic mass is 35.5. The highest BCUT2D eigenvalue weighted by Gasteiger charge is 2.08. The van der Waals surface area contributed by atoms with Gasteiger partial charge in [0.15, 0.2) is 0 Å². The van der Waals surface area contributed by atoms with Crippen LogP contribution < -0.4 is 15.8 Å². The van der Waals surface area contributed by atoms with E-state index in [2.05, 4.69) is 5.32 Å². The molecule has 0 heterocycles. The van der Waals surface area contributed by atoms with E-state index >= 15 is 0 Å². The van der Waals surface area contributed by atoms with Crippen molar-refractivity contribution in [1.29, 1.82) is 0 Å². The van der Waals surface area contributed by atoms with E-state index in [4.69, 9.17) is 10.5 Å². The van der Waals surface area contributed by atoms with Crippen LogP contribution in [0.4, 0.5) is 10.1 Å². The summed E-state index contributed by atoms with van der Waals surface area (Å²) in [6.45, 7) is 2.93. The maximum atomic E-state index is 13.1. The number of carbonyl (C=O) groups excluding carboxylic acids is 1. The Hall–Kier alpha value is -1.33. The van der Waals surface area contributed by atoms with Crippen molar-refractivity contribution >= 4 is 24.0 Å². The van der Waals surface area contributed by atoms with E-state index in [1.54, 1.807) is 0 Å². The van der Waals surface area contributed by atoms with Gasteiger partial charge in [0.25, 0.3) is 0 Å². The molecular formula is C15H24ClFN2O2. The summed E-state index contributed by atoms with van der Waals surface area (Å²) in [7, 11) is 0. The van der Waals surface area contributed by atoms with E-state index in [0.29, 0.717) is 31.0 Å². The average molecular weight is 319 g/mol. The fourth-order valence-corrected chi connectivity index (χ4v) is 1.87. The van der Waals surface area contributed by atoms with Gasteiger partial charge in [-0.2, -0.15) is 0 Å². The van der Waals surface area contributed by atoms with Gasteiger partial charge in [0.2, 0.25) is 5.91 Å². The van der Waals surface area contributed by atoms with Crippen LogP contribution in [0.25, 0.3) is 0 Å². The van der Waals surface area contributed by atoms with Gasteiger partial charge in [-0.25, -0.2) is 4.39 Å². The maximum Gasteiger partial charge on any atom is 0.224 e. The topological polar surface area (TPSA) is 64.3 Å². The second-order valence-electron chi connectivity index (χ2n) is 4.57. The van der Waals surface area contributed by atoms with Crippen molar-refractivity contribution in [3.05, 3.63) is 24.0 Å². The van der Waals surface area contributed by atoms with Crippen LogP contribution in [0.5, 0.6) is 5.75 Å². The quantitative estimate of drug-likeness (QED) is 0.685. The van der Waals surface area contributed by atoms with Gasteiger partial charge >= 0.3 is 0 Å². The average Bonchev–Trinajstić information content (AvgIpc) is 2.42. The number of hydrogen-bond acceptors (Lipinski definition) is 3.